The van der Waals surface area contributed by atoms with E-state index >= 15 is 0 Å². The first-order chi connectivity index (χ1) is 7.25. The highest BCUT2D eigenvalue weighted by Gasteiger charge is 2.49. The molecule has 11 nitrogen and oxygen atoms in total. The topological polar surface area (TPSA) is 197 Å². The van der Waals surface area contributed by atoms with Crippen molar-refractivity contribution in [2.75, 3.05) is 12.3 Å². The predicted octanol–water partition coefficient (Wildman–Crippen LogP) is -3.10. The van der Waals surface area contributed by atoms with E-state index < -0.39 is 48.2 Å². The summed E-state index contributed by atoms with van der Waals surface area (Å²) >= 11 is 0. The second-order valence-corrected chi connectivity index (χ2v) is 8.42. The Morgan fingerprint density at radius 3 is 1.71 bits per heavy atom. The highest BCUT2D eigenvalue weighted by Crippen LogP contribution is 2.56. The molecule has 0 saturated heterocycles. The van der Waals surface area contributed by atoms with Crippen LogP contribution in [0.25, 0.3) is 0 Å². The molecule has 1 unspecified atom stereocenters. The van der Waals surface area contributed by atoms with Gasteiger partial charge >= 0.3 is 15.2 Å². The second-order valence-electron chi connectivity index (χ2n) is 3.05. The number of hydrogen-bond donors (Lipinski definition) is 6. The molecule has 0 heterocycles. The summed E-state index contributed by atoms with van der Waals surface area (Å²) in [5, 5.41) is 9.49. The fraction of sp³-hybridized carbons (Fsp3) is 1.00. The van der Waals surface area contributed by atoms with Crippen LogP contribution >= 0.6 is 15.2 Å². The van der Waals surface area contributed by atoms with E-state index in [2.05, 4.69) is 0 Å². The molecule has 0 spiro atoms. The first-order valence-electron chi connectivity index (χ1n) is 3.83. The molecule has 0 amide bonds. The Balaban J connectivity index is 4.99. The Bertz CT molecular complexity index is 424. The average Bonchev–Trinajstić information content (AvgIpc) is 1.93. The summed E-state index contributed by atoms with van der Waals surface area (Å²) in [6, 6.07) is 0. The van der Waals surface area contributed by atoms with Gasteiger partial charge in [-0.1, -0.05) is 0 Å². The SMILES string of the molecule is O=P(O)(O)C([NH+]([O-])CCS(=O)(=O)O)P(=O)(O)O. The van der Waals surface area contributed by atoms with Crippen LogP contribution in [0.2, 0.25) is 0 Å². The molecular formula is C3H11NO10P2S. The summed E-state index contributed by atoms with van der Waals surface area (Å²) in [5.74, 6) is -1.18. The molecule has 0 radical (unpaired) electrons. The molecule has 1 atom stereocenters. The van der Waals surface area contributed by atoms with Gasteiger partial charge in [0.2, 0.25) is 0 Å². The molecule has 0 bridgehead atoms. The van der Waals surface area contributed by atoms with E-state index in [1.165, 1.54) is 0 Å². The molecule has 104 valence electrons. The molecule has 6 N–H and O–H groups in total. The highest BCUT2D eigenvalue weighted by molar-refractivity contribution is 7.85. The lowest BCUT2D eigenvalue weighted by atomic mass is 10.7. The highest BCUT2D eigenvalue weighted by atomic mass is 32.2. The van der Waals surface area contributed by atoms with Crippen LogP contribution in [0.1, 0.15) is 0 Å². The van der Waals surface area contributed by atoms with Gasteiger partial charge in [-0.15, -0.1) is 0 Å². The summed E-state index contributed by atoms with van der Waals surface area (Å²) in [6.45, 7) is -1.11. The van der Waals surface area contributed by atoms with E-state index in [9.17, 15) is 22.8 Å². The molecule has 0 aliphatic heterocycles. The Hall–Kier alpha value is 0.130. The number of hydrogen-bond acceptors (Lipinski definition) is 5. The Morgan fingerprint density at radius 2 is 1.47 bits per heavy atom. The maximum Gasteiger partial charge on any atom is 0.395 e. The molecule has 0 saturated carbocycles. The van der Waals surface area contributed by atoms with Crippen molar-refractivity contribution >= 4 is 25.3 Å². The third-order valence-corrected chi connectivity index (χ3v) is 5.91. The van der Waals surface area contributed by atoms with Crippen molar-refractivity contribution in [2.45, 2.75) is 5.52 Å². The van der Waals surface area contributed by atoms with Gasteiger partial charge in [-0.3, -0.25) is 13.7 Å². The van der Waals surface area contributed by atoms with Crippen LogP contribution in [0.4, 0.5) is 0 Å². The zero-order valence-corrected chi connectivity index (χ0v) is 10.7. The summed E-state index contributed by atoms with van der Waals surface area (Å²) in [4.78, 5) is 34.4. The molecule has 0 aromatic carbocycles. The Labute approximate surface area is 95.7 Å². The lowest BCUT2D eigenvalue weighted by Crippen LogP contribution is -3.11. The standard InChI is InChI=1S/C3H11NO10P2S/c5-4(1-2-17(12,13)14)3(15(6,7)8)16(9,10)11/h3-4H,1-2H2,(H2,6,7,8)(H2,9,10,11)(H,12,13,14). The van der Waals surface area contributed by atoms with Gasteiger partial charge in [-0.25, -0.2) is 0 Å². The van der Waals surface area contributed by atoms with Crippen LogP contribution in [0.5, 0.6) is 0 Å². The summed E-state index contributed by atoms with van der Waals surface area (Å²) in [7, 11) is -15.4. The fourth-order valence-corrected chi connectivity index (χ4v) is 3.96. The summed E-state index contributed by atoms with van der Waals surface area (Å²) in [6.07, 6.45) is 0. The van der Waals surface area contributed by atoms with Gasteiger partial charge in [0.15, 0.2) is 0 Å². The Morgan fingerprint density at radius 1 is 1.12 bits per heavy atom. The minimum atomic E-state index is -5.42. The number of hydroxylamine groups is 2. The lowest BCUT2D eigenvalue weighted by molar-refractivity contribution is -0.846. The second kappa shape index (κ2) is 5.41. The summed E-state index contributed by atoms with van der Waals surface area (Å²) < 4.78 is 50.3. The van der Waals surface area contributed by atoms with Crippen molar-refractivity contribution < 1.29 is 46.7 Å². The molecule has 0 aromatic rings. The third kappa shape index (κ3) is 6.58. The molecule has 0 aliphatic carbocycles. The average molecular weight is 315 g/mol. The van der Waals surface area contributed by atoms with E-state index in [0.717, 1.165) is 0 Å². The summed E-state index contributed by atoms with van der Waals surface area (Å²) in [5.41, 5.74) is -2.91. The minimum absolute atomic E-state index is 1.11. The zero-order chi connectivity index (χ0) is 14.1. The lowest BCUT2D eigenvalue weighted by Gasteiger charge is -2.31. The zero-order valence-electron chi connectivity index (χ0n) is 8.07. The number of quaternary nitrogens is 1. The van der Waals surface area contributed by atoms with Crippen molar-refractivity contribution in [1.82, 2.24) is 0 Å². The Kier molecular flexibility index (Phi) is 5.45. The molecule has 0 aromatic heterocycles. The molecule has 0 fully saturated rings. The maximum atomic E-state index is 11.1. The molecule has 17 heavy (non-hydrogen) atoms. The first kappa shape index (κ1) is 17.1. The van der Waals surface area contributed by atoms with E-state index in [1.54, 1.807) is 0 Å². The van der Waals surface area contributed by atoms with Gasteiger partial charge in [-0.05, 0) is 0 Å². The predicted molar refractivity (Wildman–Crippen MR) is 53.5 cm³/mol. The molecule has 0 rings (SSSR count). The van der Waals surface area contributed by atoms with Gasteiger partial charge in [0.05, 0.1) is 6.54 Å². The van der Waals surface area contributed by atoms with E-state index in [4.69, 9.17) is 24.1 Å². The van der Waals surface area contributed by atoms with E-state index in [0.29, 0.717) is 0 Å². The molecular weight excluding hydrogens is 304 g/mol. The monoisotopic (exact) mass is 315 g/mol. The number of rotatable bonds is 6. The normalized spacial score (nSPS) is 16.2. The molecule has 14 heteroatoms. The smallest absolute Gasteiger partial charge is 0.395 e. The first-order valence-corrected chi connectivity index (χ1v) is 8.80. The van der Waals surface area contributed by atoms with Crippen molar-refractivity contribution in [2.24, 2.45) is 0 Å². The van der Waals surface area contributed by atoms with Gasteiger partial charge in [0, 0.05) is 0 Å². The van der Waals surface area contributed by atoms with Crippen LogP contribution in [0.3, 0.4) is 0 Å². The van der Waals surface area contributed by atoms with Crippen LogP contribution in [-0.2, 0) is 19.2 Å². The molecule has 0 aliphatic rings. The third-order valence-electron chi connectivity index (χ3n) is 1.53. The van der Waals surface area contributed by atoms with Gasteiger partial charge in [0.25, 0.3) is 15.6 Å². The van der Waals surface area contributed by atoms with Gasteiger partial charge in [-0.2, -0.15) is 8.42 Å². The largest absolute Gasteiger partial charge is 0.633 e. The van der Waals surface area contributed by atoms with Crippen LogP contribution in [-0.4, -0.2) is 50.4 Å². The van der Waals surface area contributed by atoms with Gasteiger partial charge in [0.1, 0.15) is 5.75 Å². The van der Waals surface area contributed by atoms with Gasteiger partial charge < -0.3 is 29.8 Å². The van der Waals surface area contributed by atoms with Crippen molar-refractivity contribution in [1.29, 1.82) is 0 Å². The maximum absolute atomic E-state index is 11.1. The van der Waals surface area contributed by atoms with Crippen LogP contribution in [0.15, 0.2) is 0 Å². The van der Waals surface area contributed by atoms with Crippen LogP contribution < -0.4 is 5.06 Å². The quantitative estimate of drug-likeness (QED) is 0.166. The van der Waals surface area contributed by atoms with Crippen molar-refractivity contribution in [3.05, 3.63) is 5.21 Å². The number of nitrogens with one attached hydrogen (secondary N) is 1. The fourth-order valence-electron chi connectivity index (χ4n) is 0.930. The van der Waals surface area contributed by atoms with Crippen molar-refractivity contribution in [3.8, 4) is 0 Å². The van der Waals surface area contributed by atoms with Crippen molar-refractivity contribution in [3.63, 3.8) is 0 Å². The van der Waals surface area contributed by atoms with E-state index in [-0.39, 0.29) is 0 Å². The minimum Gasteiger partial charge on any atom is -0.633 e. The van der Waals surface area contributed by atoms with Crippen LogP contribution in [0, 0.1) is 5.21 Å². The van der Waals surface area contributed by atoms with E-state index in [1.807, 2.05) is 0 Å².